The summed E-state index contributed by atoms with van der Waals surface area (Å²) < 4.78 is 5.07. The number of hydrogen-bond donors (Lipinski definition) is 0. The van der Waals surface area contributed by atoms with Crippen molar-refractivity contribution >= 4 is 11.8 Å². The molecule has 52 valence electrons. The van der Waals surface area contributed by atoms with Crippen LogP contribution >= 0.6 is 11.8 Å². The van der Waals surface area contributed by atoms with Gasteiger partial charge in [-0.3, -0.25) is 0 Å². The van der Waals surface area contributed by atoms with Crippen molar-refractivity contribution in [2.75, 3.05) is 7.11 Å². The molecule has 0 aromatic heterocycles. The van der Waals surface area contributed by atoms with Gasteiger partial charge in [0.05, 0.1) is 7.11 Å². The van der Waals surface area contributed by atoms with Crippen LogP contribution in [0.3, 0.4) is 0 Å². The Balaban J connectivity index is 2.42. The molecule has 10 heavy (non-hydrogen) atoms. The normalized spacial score (nSPS) is 13.7. The van der Waals surface area contributed by atoms with Crippen LogP contribution in [0.1, 0.15) is 5.56 Å². The second-order valence-corrected chi connectivity index (χ2v) is 3.28. The molecule has 0 amide bonds. The van der Waals surface area contributed by atoms with Crippen molar-refractivity contribution in [2.45, 2.75) is 10.6 Å². The zero-order chi connectivity index (χ0) is 6.97. The summed E-state index contributed by atoms with van der Waals surface area (Å²) in [5.74, 6) is 2.12. The lowest BCUT2D eigenvalue weighted by Gasteiger charge is -2.17. The van der Waals surface area contributed by atoms with Gasteiger partial charge in [0.2, 0.25) is 0 Å². The lowest BCUT2D eigenvalue weighted by atomic mass is 10.2. The summed E-state index contributed by atoms with van der Waals surface area (Å²) in [6.45, 7) is 0. The van der Waals surface area contributed by atoms with E-state index in [2.05, 4.69) is 12.1 Å². The molecular formula is C8H8OS. The number of rotatable bonds is 1. The SMILES string of the molecule is COc1ccc2c(c1)CS2. The molecule has 0 fully saturated rings. The molecule has 1 heterocycles. The van der Waals surface area contributed by atoms with Gasteiger partial charge in [0, 0.05) is 10.6 Å². The summed E-state index contributed by atoms with van der Waals surface area (Å²) in [6.07, 6.45) is 0. The molecule has 0 saturated carbocycles. The summed E-state index contributed by atoms with van der Waals surface area (Å²) in [5.41, 5.74) is 1.42. The van der Waals surface area contributed by atoms with Crippen LogP contribution in [-0.2, 0) is 5.75 Å². The average Bonchev–Trinajstić information content (AvgIpc) is 1.92. The second kappa shape index (κ2) is 2.20. The van der Waals surface area contributed by atoms with Crippen molar-refractivity contribution in [2.24, 2.45) is 0 Å². The lowest BCUT2D eigenvalue weighted by Crippen LogP contribution is -1.96. The van der Waals surface area contributed by atoms with Crippen LogP contribution in [0.4, 0.5) is 0 Å². The van der Waals surface area contributed by atoms with Crippen molar-refractivity contribution in [3.05, 3.63) is 23.8 Å². The number of fused-ring (bicyclic) bond motifs is 1. The minimum absolute atomic E-state index is 0.971. The van der Waals surface area contributed by atoms with Crippen molar-refractivity contribution in [3.63, 3.8) is 0 Å². The Kier molecular flexibility index (Phi) is 1.34. The third kappa shape index (κ3) is 0.797. The van der Waals surface area contributed by atoms with Crippen LogP contribution in [-0.4, -0.2) is 7.11 Å². The first-order valence-corrected chi connectivity index (χ1v) is 4.18. The Labute approximate surface area is 64.4 Å². The largest absolute Gasteiger partial charge is 0.497 e. The first kappa shape index (κ1) is 6.10. The second-order valence-electron chi connectivity index (χ2n) is 2.26. The number of ether oxygens (including phenoxy) is 1. The van der Waals surface area contributed by atoms with Crippen molar-refractivity contribution in [3.8, 4) is 5.75 Å². The predicted octanol–water partition coefficient (Wildman–Crippen LogP) is 2.30. The van der Waals surface area contributed by atoms with E-state index in [1.54, 1.807) is 7.11 Å². The van der Waals surface area contributed by atoms with E-state index in [4.69, 9.17) is 4.74 Å². The molecule has 1 aromatic carbocycles. The Bertz CT molecular complexity index is 257. The van der Waals surface area contributed by atoms with Crippen LogP contribution in [0, 0.1) is 0 Å². The molecule has 0 aliphatic carbocycles. The Morgan fingerprint density at radius 1 is 1.50 bits per heavy atom. The fourth-order valence-electron chi connectivity index (χ4n) is 1.01. The molecule has 0 unspecified atom stereocenters. The van der Waals surface area contributed by atoms with Gasteiger partial charge in [-0.25, -0.2) is 0 Å². The highest BCUT2D eigenvalue weighted by Gasteiger charge is 2.13. The van der Waals surface area contributed by atoms with Gasteiger partial charge in [0.15, 0.2) is 0 Å². The molecule has 0 bridgehead atoms. The van der Waals surface area contributed by atoms with E-state index in [1.807, 2.05) is 17.8 Å². The smallest absolute Gasteiger partial charge is 0.119 e. The number of benzene rings is 1. The summed E-state index contributed by atoms with van der Waals surface area (Å²) in [5, 5.41) is 0. The van der Waals surface area contributed by atoms with Crippen LogP contribution in [0.5, 0.6) is 5.75 Å². The molecule has 0 spiro atoms. The highest BCUT2D eigenvalue weighted by molar-refractivity contribution is 7.99. The first-order chi connectivity index (χ1) is 4.90. The third-order valence-corrected chi connectivity index (χ3v) is 2.82. The fraction of sp³-hybridized carbons (Fsp3) is 0.250. The van der Waals surface area contributed by atoms with Crippen molar-refractivity contribution in [1.82, 2.24) is 0 Å². The Hall–Kier alpha value is -0.630. The maximum absolute atomic E-state index is 5.07. The van der Waals surface area contributed by atoms with E-state index in [-0.39, 0.29) is 0 Å². The lowest BCUT2D eigenvalue weighted by molar-refractivity contribution is 0.414. The molecule has 0 radical (unpaired) electrons. The van der Waals surface area contributed by atoms with Gasteiger partial charge in [-0.05, 0) is 23.8 Å². The topological polar surface area (TPSA) is 9.23 Å². The van der Waals surface area contributed by atoms with Gasteiger partial charge in [-0.1, -0.05) is 0 Å². The maximum atomic E-state index is 5.07. The van der Waals surface area contributed by atoms with Crippen LogP contribution in [0.15, 0.2) is 23.1 Å². The van der Waals surface area contributed by atoms with Gasteiger partial charge < -0.3 is 4.74 Å². The molecule has 2 rings (SSSR count). The van der Waals surface area contributed by atoms with E-state index in [1.165, 1.54) is 10.5 Å². The molecule has 1 nitrogen and oxygen atoms in total. The molecule has 1 aromatic rings. The Morgan fingerprint density at radius 3 is 2.90 bits per heavy atom. The number of hydrogen-bond acceptors (Lipinski definition) is 2. The quantitative estimate of drug-likeness (QED) is 0.610. The summed E-state index contributed by atoms with van der Waals surface area (Å²) in [7, 11) is 1.70. The molecule has 0 atom stereocenters. The summed E-state index contributed by atoms with van der Waals surface area (Å²) in [6, 6.07) is 6.22. The highest BCUT2D eigenvalue weighted by atomic mass is 32.2. The Morgan fingerprint density at radius 2 is 2.40 bits per heavy atom. The fourth-order valence-corrected chi connectivity index (χ4v) is 1.80. The van der Waals surface area contributed by atoms with E-state index in [0.29, 0.717) is 0 Å². The molecule has 0 saturated heterocycles. The van der Waals surface area contributed by atoms with Crippen molar-refractivity contribution in [1.29, 1.82) is 0 Å². The van der Waals surface area contributed by atoms with Gasteiger partial charge in [-0.2, -0.15) is 0 Å². The number of thioether (sulfide) groups is 1. The predicted molar refractivity (Wildman–Crippen MR) is 42.6 cm³/mol. The summed E-state index contributed by atoms with van der Waals surface area (Å²) in [4.78, 5) is 1.40. The standard InChI is InChI=1S/C8H8OS/c1-9-7-2-3-8-6(4-7)5-10-8/h2-4H,5H2,1H3. The highest BCUT2D eigenvalue weighted by Crippen LogP contribution is 2.39. The molecular weight excluding hydrogens is 144 g/mol. The van der Waals surface area contributed by atoms with E-state index in [9.17, 15) is 0 Å². The minimum Gasteiger partial charge on any atom is -0.497 e. The zero-order valence-electron chi connectivity index (χ0n) is 5.76. The van der Waals surface area contributed by atoms with Gasteiger partial charge in [0.1, 0.15) is 5.75 Å². The van der Waals surface area contributed by atoms with Crippen LogP contribution in [0.25, 0.3) is 0 Å². The van der Waals surface area contributed by atoms with Crippen molar-refractivity contribution < 1.29 is 4.74 Å². The van der Waals surface area contributed by atoms with Gasteiger partial charge in [-0.15, -0.1) is 11.8 Å². The van der Waals surface area contributed by atoms with Gasteiger partial charge in [0.25, 0.3) is 0 Å². The van der Waals surface area contributed by atoms with E-state index < -0.39 is 0 Å². The minimum atomic E-state index is 0.971. The monoisotopic (exact) mass is 152 g/mol. The van der Waals surface area contributed by atoms with Crippen LogP contribution in [0.2, 0.25) is 0 Å². The zero-order valence-corrected chi connectivity index (χ0v) is 6.57. The van der Waals surface area contributed by atoms with E-state index >= 15 is 0 Å². The van der Waals surface area contributed by atoms with Crippen LogP contribution < -0.4 is 4.74 Å². The molecule has 1 aliphatic rings. The molecule has 2 heteroatoms. The molecule has 1 aliphatic heterocycles. The van der Waals surface area contributed by atoms with Gasteiger partial charge >= 0.3 is 0 Å². The number of methoxy groups -OCH3 is 1. The third-order valence-electron chi connectivity index (χ3n) is 1.65. The maximum Gasteiger partial charge on any atom is 0.119 e. The average molecular weight is 152 g/mol. The molecule has 0 N–H and O–H groups in total. The first-order valence-electron chi connectivity index (χ1n) is 3.20. The van der Waals surface area contributed by atoms with E-state index in [0.717, 1.165) is 11.5 Å². The summed E-state index contributed by atoms with van der Waals surface area (Å²) >= 11 is 1.89.